The van der Waals surface area contributed by atoms with Gasteiger partial charge in [0.2, 0.25) is 5.91 Å². The molecule has 18 heavy (non-hydrogen) atoms. The Hall–Kier alpha value is -2.83. The predicted molar refractivity (Wildman–Crippen MR) is 61.0 cm³/mol. The fourth-order valence-electron chi connectivity index (χ4n) is 0.768. The van der Waals surface area contributed by atoms with E-state index in [2.05, 4.69) is 0 Å². The highest BCUT2D eigenvalue weighted by molar-refractivity contribution is 5.92. The Morgan fingerprint density at radius 2 is 1.33 bits per heavy atom. The topological polar surface area (TPSA) is 138 Å². The quantitative estimate of drug-likeness (QED) is 0.568. The van der Waals surface area contributed by atoms with E-state index < -0.39 is 17.8 Å². The summed E-state index contributed by atoms with van der Waals surface area (Å²) in [6.07, 6.45) is 1.12. The second-order valence-electron chi connectivity index (χ2n) is 2.92. The zero-order valence-electron chi connectivity index (χ0n) is 9.11. The first kappa shape index (κ1) is 15.2. The van der Waals surface area contributed by atoms with Crippen LogP contribution >= 0.6 is 0 Å². The van der Waals surface area contributed by atoms with E-state index in [-0.39, 0.29) is 5.75 Å². The van der Waals surface area contributed by atoms with E-state index in [4.69, 9.17) is 21.1 Å². The highest BCUT2D eigenvalue weighted by Gasteiger charge is 1.96. The minimum absolute atomic E-state index is 0.130. The van der Waals surface area contributed by atoms with E-state index in [9.17, 15) is 14.4 Å². The molecule has 5 N–H and O–H groups in total. The Morgan fingerprint density at radius 3 is 1.61 bits per heavy atom. The summed E-state index contributed by atoms with van der Waals surface area (Å²) in [5.41, 5.74) is 5.34. The molecular formula is C11H11NO6. The molecule has 7 nitrogen and oxygen atoms in total. The molecule has 1 rings (SSSR count). The van der Waals surface area contributed by atoms with Gasteiger partial charge in [-0.05, 0) is 24.3 Å². The van der Waals surface area contributed by atoms with Gasteiger partial charge < -0.3 is 21.1 Å². The van der Waals surface area contributed by atoms with Crippen LogP contribution in [-0.2, 0) is 9.59 Å². The summed E-state index contributed by atoms with van der Waals surface area (Å²) in [7, 11) is 0. The molecule has 7 heteroatoms. The number of carbonyl (C=O) groups excluding carboxylic acids is 1. The fraction of sp³-hybridized carbons (Fsp3) is 0. The lowest BCUT2D eigenvalue weighted by molar-refractivity contribution is -0.134. The molecule has 0 aromatic heterocycles. The number of primary amides is 1. The van der Waals surface area contributed by atoms with Crippen LogP contribution in [-0.4, -0.2) is 33.2 Å². The van der Waals surface area contributed by atoms with Crippen LogP contribution in [0.25, 0.3) is 0 Å². The number of hydrogen-bond acceptors (Lipinski definition) is 4. The number of rotatable bonds is 3. The van der Waals surface area contributed by atoms with E-state index >= 15 is 0 Å². The molecule has 96 valence electrons. The molecule has 0 radical (unpaired) electrons. The first-order valence-electron chi connectivity index (χ1n) is 4.55. The van der Waals surface area contributed by atoms with Crippen LogP contribution in [0.1, 0.15) is 10.4 Å². The second kappa shape index (κ2) is 7.44. The summed E-state index contributed by atoms with van der Waals surface area (Å²) in [6.45, 7) is 0. The van der Waals surface area contributed by atoms with Gasteiger partial charge in [0.1, 0.15) is 5.75 Å². The Morgan fingerprint density at radius 1 is 0.944 bits per heavy atom. The van der Waals surface area contributed by atoms with Crippen molar-refractivity contribution in [2.75, 3.05) is 0 Å². The highest BCUT2D eigenvalue weighted by atomic mass is 16.4. The van der Waals surface area contributed by atoms with Crippen LogP contribution in [0.2, 0.25) is 0 Å². The van der Waals surface area contributed by atoms with E-state index in [1.54, 1.807) is 0 Å². The van der Waals surface area contributed by atoms with Gasteiger partial charge in [0.15, 0.2) is 0 Å². The average Bonchev–Trinajstić information content (AvgIpc) is 2.28. The number of phenolic OH excluding ortho intramolecular Hbond substituents is 1. The van der Waals surface area contributed by atoms with Gasteiger partial charge in [-0.2, -0.15) is 0 Å². The van der Waals surface area contributed by atoms with Crippen LogP contribution in [0.15, 0.2) is 36.4 Å². The molecule has 0 atom stereocenters. The third-order valence-corrected chi connectivity index (χ3v) is 1.52. The molecule has 0 saturated carbocycles. The maximum absolute atomic E-state index is 10.5. The third kappa shape index (κ3) is 7.46. The van der Waals surface area contributed by atoms with E-state index in [1.165, 1.54) is 24.3 Å². The maximum Gasteiger partial charge on any atom is 0.328 e. The number of hydrogen-bond donors (Lipinski definition) is 4. The van der Waals surface area contributed by atoms with Crippen molar-refractivity contribution in [1.29, 1.82) is 0 Å². The van der Waals surface area contributed by atoms with E-state index in [0.29, 0.717) is 17.7 Å². The number of nitrogens with two attached hydrogens (primary N) is 1. The lowest BCUT2D eigenvalue weighted by Gasteiger charge is -1.93. The number of carboxylic acids is 2. The van der Waals surface area contributed by atoms with Gasteiger partial charge in [0.05, 0.1) is 0 Å². The average molecular weight is 253 g/mol. The number of phenols is 1. The standard InChI is InChI=1S/C7H7NO2.C4H4O4/c8-7(10)5-1-3-6(9)4-2-5;5-3(6)1-2-4(7)8/h1-4,9H,(H2,8,10);1-2H,(H,5,6)(H,7,8)/b;2-1-. The molecule has 1 aromatic carbocycles. The third-order valence-electron chi connectivity index (χ3n) is 1.52. The molecular weight excluding hydrogens is 242 g/mol. The van der Waals surface area contributed by atoms with Gasteiger partial charge in [-0.15, -0.1) is 0 Å². The van der Waals surface area contributed by atoms with Crippen molar-refractivity contribution in [2.45, 2.75) is 0 Å². The van der Waals surface area contributed by atoms with Gasteiger partial charge in [-0.3, -0.25) is 4.79 Å². The molecule has 1 aromatic rings. The van der Waals surface area contributed by atoms with Crippen LogP contribution < -0.4 is 5.73 Å². The molecule has 0 aliphatic heterocycles. The lowest BCUT2D eigenvalue weighted by Crippen LogP contribution is -2.10. The number of amides is 1. The summed E-state index contributed by atoms with van der Waals surface area (Å²) in [5.74, 6) is -2.87. The minimum Gasteiger partial charge on any atom is -0.508 e. The van der Waals surface area contributed by atoms with Crippen LogP contribution in [0.3, 0.4) is 0 Å². The Balaban J connectivity index is 0.000000331. The van der Waals surface area contributed by atoms with Crippen molar-refractivity contribution in [3.63, 3.8) is 0 Å². The first-order valence-corrected chi connectivity index (χ1v) is 4.55. The number of benzene rings is 1. The number of carboxylic acid groups (broad SMARTS) is 2. The van der Waals surface area contributed by atoms with Gasteiger partial charge in [-0.1, -0.05) is 0 Å². The van der Waals surface area contributed by atoms with Crippen LogP contribution in [0.5, 0.6) is 5.75 Å². The molecule has 0 heterocycles. The van der Waals surface area contributed by atoms with E-state index in [1.807, 2.05) is 0 Å². The smallest absolute Gasteiger partial charge is 0.328 e. The molecule has 0 saturated heterocycles. The largest absolute Gasteiger partial charge is 0.508 e. The van der Waals surface area contributed by atoms with Crippen molar-refractivity contribution in [3.05, 3.63) is 42.0 Å². The van der Waals surface area contributed by atoms with Crippen molar-refractivity contribution >= 4 is 17.8 Å². The number of aromatic hydroxyl groups is 1. The van der Waals surface area contributed by atoms with Gasteiger partial charge >= 0.3 is 11.9 Å². The van der Waals surface area contributed by atoms with Crippen molar-refractivity contribution in [3.8, 4) is 5.75 Å². The van der Waals surface area contributed by atoms with Crippen molar-refractivity contribution < 1.29 is 29.7 Å². The Bertz CT molecular complexity index is 447. The van der Waals surface area contributed by atoms with Gasteiger partial charge in [-0.25, -0.2) is 9.59 Å². The zero-order chi connectivity index (χ0) is 14.1. The maximum atomic E-state index is 10.5. The predicted octanol–water partition coefficient (Wildman–Crippen LogP) is 0.203. The molecule has 0 unspecified atom stereocenters. The van der Waals surface area contributed by atoms with E-state index in [0.717, 1.165) is 0 Å². The van der Waals surface area contributed by atoms with Gasteiger partial charge in [0.25, 0.3) is 0 Å². The number of carbonyl (C=O) groups is 3. The summed E-state index contributed by atoms with van der Waals surface area (Å²) < 4.78 is 0. The molecule has 1 amide bonds. The number of aliphatic carboxylic acids is 2. The zero-order valence-corrected chi connectivity index (χ0v) is 9.11. The molecule has 0 aliphatic rings. The van der Waals surface area contributed by atoms with Crippen LogP contribution in [0.4, 0.5) is 0 Å². The normalized spacial score (nSPS) is 9.33. The van der Waals surface area contributed by atoms with Crippen molar-refractivity contribution in [1.82, 2.24) is 0 Å². The summed E-state index contributed by atoms with van der Waals surface area (Å²) in [4.78, 5) is 29.6. The van der Waals surface area contributed by atoms with Crippen LogP contribution in [0, 0.1) is 0 Å². The van der Waals surface area contributed by atoms with Crippen molar-refractivity contribution in [2.24, 2.45) is 5.73 Å². The fourth-order valence-corrected chi connectivity index (χ4v) is 0.768. The van der Waals surface area contributed by atoms with Gasteiger partial charge in [0, 0.05) is 17.7 Å². The monoisotopic (exact) mass is 253 g/mol. The summed E-state index contributed by atoms with van der Waals surface area (Å²) >= 11 is 0. The Kier molecular flexibility index (Phi) is 6.27. The summed E-state index contributed by atoms with van der Waals surface area (Å²) in [6, 6.07) is 5.77. The molecule has 0 aliphatic carbocycles. The molecule has 0 spiro atoms. The summed E-state index contributed by atoms with van der Waals surface area (Å²) in [5, 5.41) is 24.4. The first-order chi connectivity index (χ1) is 8.32. The lowest BCUT2D eigenvalue weighted by atomic mass is 10.2. The molecule has 0 bridgehead atoms. The second-order valence-corrected chi connectivity index (χ2v) is 2.92. The SMILES string of the molecule is NC(=O)c1ccc(O)cc1.O=C(O)/C=C\C(=O)O. The minimum atomic E-state index is -1.26. The Labute approximate surface area is 102 Å². The highest BCUT2D eigenvalue weighted by Crippen LogP contribution is 2.08. The molecule has 0 fully saturated rings.